The zero-order valence-electron chi connectivity index (χ0n) is 18.1. The zero-order valence-corrected chi connectivity index (χ0v) is 18.9. The molecule has 2 saturated heterocycles. The molecule has 0 spiro atoms. The Morgan fingerprint density at radius 2 is 1.91 bits per heavy atom. The van der Waals surface area contributed by atoms with Crippen molar-refractivity contribution in [1.82, 2.24) is 14.9 Å². The lowest BCUT2D eigenvalue weighted by molar-refractivity contribution is -0.132. The average molecular weight is 459 g/mol. The highest BCUT2D eigenvalue weighted by Gasteiger charge is 2.31. The third kappa shape index (κ3) is 4.15. The fraction of sp³-hybridized carbons (Fsp3) is 0.500. The van der Waals surface area contributed by atoms with Crippen molar-refractivity contribution >= 4 is 34.2 Å². The number of piperazine rings is 1. The number of benzene rings is 1. The number of nitrogens with zero attached hydrogens (tertiary/aromatic N) is 5. The summed E-state index contributed by atoms with van der Waals surface area (Å²) in [6, 6.07) is 6.75. The van der Waals surface area contributed by atoms with Crippen LogP contribution in [0.2, 0.25) is 0 Å². The van der Waals surface area contributed by atoms with E-state index in [1.54, 1.807) is 17.0 Å². The Hall–Kier alpha value is -2.75. The van der Waals surface area contributed by atoms with E-state index in [4.69, 9.17) is 9.97 Å². The number of fused-ring (bicyclic) bond motifs is 1. The number of carbonyl (C=O) groups excluding carboxylic acids is 1. The first-order valence-corrected chi connectivity index (χ1v) is 12.3. The molecule has 3 aliphatic heterocycles. The van der Waals surface area contributed by atoms with E-state index in [-0.39, 0.29) is 17.8 Å². The molecule has 32 heavy (non-hydrogen) atoms. The van der Waals surface area contributed by atoms with Crippen LogP contribution in [0.5, 0.6) is 0 Å². The maximum Gasteiger partial charge on any atom is 0.227 e. The van der Waals surface area contributed by atoms with Gasteiger partial charge in [-0.1, -0.05) is 6.07 Å². The summed E-state index contributed by atoms with van der Waals surface area (Å²) in [5.74, 6) is 1.77. The highest BCUT2D eigenvalue weighted by Crippen LogP contribution is 2.31. The number of hydrogen-bond acceptors (Lipinski definition) is 7. The number of amides is 1. The summed E-state index contributed by atoms with van der Waals surface area (Å²) in [6.07, 6.45) is 1.91. The van der Waals surface area contributed by atoms with Gasteiger partial charge in [-0.3, -0.25) is 9.00 Å². The second-order valence-corrected chi connectivity index (χ2v) is 10.1. The number of rotatable bonds is 4. The molecule has 2 aromatic rings. The molecule has 1 aromatic carbocycles. The second-order valence-electron chi connectivity index (χ2n) is 8.56. The van der Waals surface area contributed by atoms with Crippen LogP contribution in [-0.2, 0) is 22.0 Å². The van der Waals surface area contributed by atoms with Crippen LogP contribution in [0, 0.1) is 5.82 Å². The van der Waals surface area contributed by atoms with Crippen molar-refractivity contribution in [3.63, 3.8) is 0 Å². The minimum absolute atomic E-state index is 0.0759. The molecule has 10 heteroatoms. The van der Waals surface area contributed by atoms with Crippen molar-refractivity contribution in [1.29, 1.82) is 0 Å². The van der Waals surface area contributed by atoms with Gasteiger partial charge >= 0.3 is 0 Å². The largest absolute Gasteiger partial charge is 0.368 e. The number of piperidine rings is 1. The van der Waals surface area contributed by atoms with Crippen LogP contribution in [0.15, 0.2) is 29.2 Å². The van der Waals surface area contributed by atoms with Gasteiger partial charge in [0.2, 0.25) is 11.9 Å². The fourth-order valence-electron chi connectivity index (χ4n) is 4.58. The van der Waals surface area contributed by atoms with Crippen LogP contribution in [0.3, 0.4) is 0 Å². The van der Waals surface area contributed by atoms with Gasteiger partial charge in [0.05, 0.1) is 16.5 Å². The molecule has 1 aromatic heterocycles. The lowest BCUT2D eigenvalue weighted by atomic mass is 10.1. The van der Waals surface area contributed by atoms with Crippen LogP contribution in [-0.4, -0.2) is 76.6 Å². The highest BCUT2D eigenvalue weighted by molar-refractivity contribution is 7.85. The Morgan fingerprint density at radius 3 is 2.66 bits per heavy atom. The number of halogens is 1. The van der Waals surface area contributed by atoms with Crippen molar-refractivity contribution in [3.8, 4) is 0 Å². The summed E-state index contributed by atoms with van der Waals surface area (Å²) in [4.78, 5) is 28.1. The molecule has 2 fully saturated rings. The molecular formula is C22H27FN6O2S. The van der Waals surface area contributed by atoms with Gasteiger partial charge in [0.1, 0.15) is 16.5 Å². The minimum Gasteiger partial charge on any atom is -0.368 e. The van der Waals surface area contributed by atoms with Gasteiger partial charge in [0, 0.05) is 70.1 Å². The summed E-state index contributed by atoms with van der Waals surface area (Å²) < 4.78 is 26.2. The summed E-state index contributed by atoms with van der Waals surface area (Å²) in [5, 5.41) is 3.47. The third-order valence-electron chi connectivity index (χ3n) is 6.38. The molecule has 1 unspecified atom stereocenters. The molecule has 1 N–H and O–H groups in total. The van der Waals surface area contributed by atoms with Gasteiger partial charge in [-0.25, -0.2) is 9.37 Å². The number of anilines is 3. The molecule has 1 amide bonds. The van der Waals surface area contributed by atoms with Crippen LogP contribution in [0.4, 0.5) is 21.8 Å². The van der Waals surface area contributed by atoms with E-state index in [2.05, 4.69) is 15.1 Å². The van der Waals surface area contributed by atoms with E-state index in [1.807, 2.05) is 13.1 Å². The Morgan fingerprint density at radius 1 is 1.12 bits per heavy atom. The molecule has 3 aliphatic rings. The Balaban J connectivity index is 1.34. The van der Waals surface area contributed by atoms with Gasteiger partial charge in [0.25, 0.3) is 0 Å². The first-order valence-electron chi connectivity index (χ1n) is 11.0. The molecule has 170 valence electrons. The third-order valence-corrected chi connectivity index (χ3v) is 7.84. The van der Waals surface area contributed by atoms with Gasteiger partial charge in [0.15, 0.2) is 0 Å². The second kappa shape index (κ2) is 8.65. The molecule has 4 heterocycles. The average Bonchev–Trinajstić information content (AvgIpc) is 3.17. The van der Waals surface area contributed by atoms with E-state index in [0.29, 0.717) is 41.8 Å². The van der Waals surface area contributed by atoms with Gasteiger partial charge in [-0.05, 0) is 24.6 Å². The molecule has 0 aliphatic carbocycles. The summed E-state index contributed by atoms with van der Waals surface area (Å²) in [7, 11) is 0.702. The smallest absolute Gasteiger partial charge is 0.227 e. The Labute approximate surface area is 189 Å². The van der Waals surface area contributed by atoms with E-state index in [1.165, 1.54) is 6.07 Å². The summed E-state index contributed by atoms with van der Waals surface area (Å²) in [6.45, 7) is 3.53. The van der Waals surface area contributed by atoms with E-state index in [9.17, 15) is 13.4 Å². The standard InChI is InChI=1S/C22H27FN6O2S/c1-27-14-16(5-6-19(27)30)24-21-20-18(7-12-32(20)31)25-22(26-21)29-10-8-28(9-11-29)17-4-2-3-15(23)13-17/h2-4,13,16H,5-12,14H2,1H3,(H,24,25,26)/t16-,32?/m0/s1. The lowest BCUT2D eigenvalue weighted by Crippen LogP contribution is -2.47. The van der Waals surface area contributed by atoms with Gasteiger partial charge < -0.3 is 20.0 Å². The Bertz CT molecular complexity index is 1060. The number of aromatic nitrogens is 2. The van der Waals surface area contributed by atoms with Crippen LogP contribution in [0.1, 0.15) is 18.5 Å². The van der Waals surface area contributed by atoms with E-state index < -0.39 is 10.8 Å². The zero-order chi connectivity index (χ0) is 22.2. The molecule has 0 radical (unpaired) electrons. The summed E-state index contributed by atoms with van der Waals surface area (Å²) >= 11 is 0. The van der Waals surface area contributed by atoms with Crippen molar-refractivity contribution in [2.45, 2.75) is 30.2 Å². The molecule has 5 rings (SSSR count). The number of nitrogens with one attached hydrogen (secondary N) is 1. The predicted octanol–water partition coefficient (Wildman–Crippen LogP) is 1.64. The topological polar surface area (TPSA) is 81.7 Å². The van der Waals surface area contributed by atoms with Crippen molar-refractivity contribution in [3.05, 3.63) is 35.8 Å². The molecule has 0 bridgehead atoms. The molecular weight excluding hydrogens is 431 g/mol. The quantitative estimate of drug-likeness (QED) is 0.746. The SMILES string of the molecule is CN1C[C@@H](Nc2nc(N3CCN(c4cccc(F)c4)CC3)nc3c2S(=O)CC3)CCC1=O. The fourth-order valence-corrected chi connectivity index (χ4v) is 5.90. The number of carbonyl (C=O) groups is 1. The number of aryl methyl sites for hydroxylation is 1. The minimum atomic E-state index is -1.11. The van der Waals surface area contributed by atoms with Gasteiger partial charge in [-0.2, -0.15) is 4.98 Å². The van der Waals surface area contributed by atoms with Crippen molar-refractivity contribution in [2.24, 2.45) is 0 Å². The molecule has 2 atom stereocenters. The van der Waals surface area contributed by atoms with E-state index >= 15 is 0 Å². The first-order chi connectivity index (χ1) is 15.5. The van der Waals surface area contributed by atoms with Crippen LogP contribution >= 0.6 is 0 Å². The lowest BCUT2D eigenvalue weighted by Gasteiger charge is -2.36. The predicted molar refractivity (Wildman–Crippen MR) is 122 cm³/mol. The van der Waals surface area contributed by atoms with Crippen LogP contribution in [0.25, 0.3) is 0 Å². The number of likely N-dealkylation sites (tertiary alicyclic amines) is 1. The monoisotopic (exact) mass is 458 g/mol. The van der Waals surface area contributed by atoms with E-state index in [0.717, 1.165) is 44.0 Å². The molecule has 0 saturated carbocycles. The van der Waals surface area contributed by atoms with Crippen LogP contribution < -0.4 is 15.1 Å². The van der Waals surface area contributed by atoms with Crippen molar-refractivity contribution in [2.75, 3.05) is 60.6 Å². The maximum absolute atomic E-state index is 13.6. The first kappa shape index (κ1) is 21.1. The van der Waals surface area contributed by atoms with Gasteiger partial charge in [-0.15, -0.1) is 0 Å². The number of likely N-dealkylation sites (N-methyl/N-ethyl adjacent to an activating group) is 1. The van der Waals surface area contributed by atoms with Crippen molar-refractivity contribution < 1.29 is 13.4 Å². The molecule has 8 nitrogen and oxygen atoms in total. The normalized spacial score (nSPS) is 23.4. The maximum atomic E-state index is 13.6. The number of hydrogen-bond donors (Lipinski definition) is 1. The summed E-state index contributed by atoms with van der Waals surface area (Å²) in [5.41, 5.74) is 1.73. The Kier molecular flexibility index (Phi) is 5.71. The highest BCUT2D eigenvalue weighted by atomic mass is 32.2.